The van der Waals surface area contributed by atoms with Crippen molar-refractivity contribution < 1.29 is 10.2 Å². The molecule has 0 radical (unpaired) electrons. The molecule has 0 saturated heterocycles. The molecule has 1 saturated carbocycles. The first-order valence-corrected chi connectivity index (χ1v) is 3.39. The Morgan fingerprint density at radius 3 is 1.67 bits per heavy atom. The van der Waals surface area contributed by atoms with Crippen LogP contribution in [-0.2, 0) is 0 Å². The van der Waals surface area contributed by atoms with Gasteiger partial charge in [0.05, 0.1) is 0 Å². The predicted octanol–water partition coefficient (Wildman–Crippen LogP) is 1.91. The SMILES string of the molecule is CC1CCCCC1.F.O. The van der Waals surface area contributed by atoms with Gasteiger partial charge in [-0.25, -0.2) is 0 Å². The van der Waals surface area contributed by atoms with Crippen molar-refractivity contribution in [1.82, 2.24) is 0 Å². The Morgan fingerprint density at radius 1 is 1.00 bits per heavy atom. The van der Waals surface area contributed by atoms with E-state index >= 15 is 0 Å². The normalized spacial score (nSPS) is 19.7. The zero-order chi connectivity index (χ0) is 5.11. The second-order valence-electron chi connectivity index (χ2n) is 2.74. The van der Waals surface area contributed by atoms with Crippen LogP contribution in [0.25, 0.3) is 0 Å². The molecule has 1 aliphatic rings. The van der Waals surface area contributed by atoms with Crippen LogP contribution >= 0.6 is 0 Å². The summed E-state index contributed by atoms with van der Waals surface area (Å²) < 4.78 is 0. The lowest BCUT2D eigenvalue weighted by Crippen LogP contribution is -1.99. The zero-order valence-corrected chi connectivity index (χ0v) is 6.02. The molecule has 2 N–H and O–H groups in total. The number of hydrogen-bond acceptors (Lipinski definition) is 0. The van der Waals surface area contributed by atoms with Gasteiger partial charge in [0, 0.05) is 0 Å². The van der Waals surface area contributed by atoms with Gasteiger partial charge in [0.15, 0.2) is 0 Å². The van der Waals surface area contributed by atoms with E-state index in [1.165, 1.54) is 32.1 Å². The van der Waals surface area contributed by atoms with Crippen molar-refractivity contribution in [3.8, 4) is 0 Å². The second-order valence-corrected chi connectivity index (χ2v) is 2.74. The molecule has 0 aromatic heterocycles. The van der Waals surface area contributed by atoms with E-state index < -0.39 is 0 Å². The molecular weight excluding hydrogens is 119 g/mol. The van der Waals surface area contributed by atoms with Crippen LogP contribution in [0.5, 0.6) is 0 Å². The fraction of sp³-hybridized carbons (Fsp3) is 1.00. The summed E-state index contributed by atoms with van der Waals surface area (Å²) in [6.07, 6.45) is 7.44. The fourth-order valence-corrected chi connectivity index (χ4v) is 1.31. The van der Waals surface area contributed by atoms with Crippen molar-refractivity contribution in [3.63, 3.8) is 0 Å². The van der Waals surface area contributed by atoms with Gasteiger partial charge in [-0.05, 0) is 5.92 Å². The maximum absolute atomic E-state index is 2.36. The summed E-state index contributed by atoms with van der Waals surface area (Å²) >= 11 is 0. The van der Waals surface area contributed by atoms with Gasteiger partial charge in [-0.2, -0.15) is 0 Å². The van der Waals surface area contributed by atoms with E-state index in [9.17, 15) is 0 Å². The lowest BCUT2D eigenvalue weighted by molar-refractivity contribution is 0.385. The Balaban J connectivity index is 0. The summed E-state index contributed by atoms with van der Waals surface area (Å²) in [6.45, 7) is 2.36. The Labute approximate surface area is 56.1 Å². The van der Waals surface area contributed by atoms with Crippen molar-refractivity contribution in [2.24, 2.45) is 5.92 Å². The highest BCUT2D eigenvalue weighted by molar-refractivity contribution is 4.59. The molecule has 0 aromatic carbocycles. The van der Waals surface area contributed by atoms with Crippen LogP contribution in [0.4, 0.5) is 4.70 Å². The van der Waals surface area contributed by atoms with Crippen molar-refractivity contribution in [2.75, 3.05) is 0 Å². The molecule has 0 unspecified atom stereocenters. The molecule has 0 atom stereocenters. The lowest BCUT2D eigenvalue weighted by Gasteiger charge is -2.15. The molecule has 2 heteroatoms. The van der Waals surface area contributed by atoms with E-state index in [4.69, 9.17) is 0 Å². The summed E-state index contributed by atoms with van der Waals surface area (Å²) in [5.41, 5.74) is 0. The van der Waals surface area contributed by atoms with Crippen LogP contribution < -0.4 is 0 Å². The number of rotatable bonds is 0. The highest BCUT2D eigenvalue weighted by atomic mass is 19.0. The molecule has 1 fully saturated rings. The minimum Gasteiger partial charge on any atom is -0.412 e. The second kappa shape index (κ2) is 6.02. The molecule has 1 nitrogen and oxygen atoms in total. The maximum Gasteiger partial charge on any atom is -0.0443 e. The van der Waals surface area contributed by atoms with Gasteiger partial charge in [0.1, 0.15) is 0 Å². The summed E-state index contributed by atoms with van der Waals surface area (Å²) in [6, 6.07) is 0. The quantitative estimate of drug-likeness (QED) is 0.487. The first kappa shape index (κ1) is 11.7. The summed E-state index contributed by atoms with van der Waals surface area (Å²) in [5.74, 6) is 1.04. The van der Waals surface area contributed by atoms with Crippen molar-refractivity contribution in [3.05, 3.63) is 0 Å². The topological polar surface area (TPSA) is 31.5 Å². The minimum absolute atomic E-state index is 0. The Kier molecular flexibility index (Phi) is 7.79. The third kappa shape index (κ3) is 4.40. The maximum atomic E-state index is 2.36. The van der Waals surface area contributed by atoms with Crippen LogP contribution in [0, 0.1) is 5.92 Å². The lowest BCUT2D eigenvalue weighted by atomic mass is 9.91. The fourth-order valence-electron chi connectivity index (χ4n) is 1.31. The highest BCUT2D eigenvalue weighted by Crippen LogP contribution is 2.21. The van der Waals surface area contributed by atoms with E-state index in [0.717, 1.165) is 5.92 Å². The standard InChI is InChI=1S/C7H14.FH.H2O/c1-7-5-3-2-4-6-7;;/h7H,2-6H2,1H3;1H;1H2. The number of halogens is 1. The van der Waals surface area contributed by atoms with Crippen molar-refractivity contribution in [1.29, 1.82) is 0 Å². The zero-order valence-electron chi connectivity index (χ0n) is 6.02. The largest absolute Gasteiger partial charge is 0.412 e. The van der Waals surface area contributed by atoms with E-state index in [1.54, 1.807) is 0 Å². The van der Waals surface area contributed by atoms with Crippen LogP contribution in [-0.4, -0.2) is 5.48 Å². The van der Waals surface area contributed by atoms with E-state index in [0.29, 0.717) is 0 Å². The van der Waals surface area contributed by atoms with Gasteiger partial charge in [-0.3, -0.25) is 4.70 Å². The minimum atomic E-state index is 0. The average molecular weight is 136 g/mol. The summed E-state index contributed by atoms with van der Waals surface area (Å²) in [5, 5.41) is 0. The molecule has 58 valence electrons. The van der Waals surface area contributed by atoms with Gasteiger partial charge < -0.3 is 5.48 Å². The molecule has 9 heavy (non-hydrogen) atoms. The van der Waals surface area contributed by atoms with E-state index in [2.05, 4.69) is 6.92 Å². The third-order valence-corrected chi connectivity index (χ3v) is 1.89. The molecular formula is C7H17FO. The number of hydrogen-bond donors (Lipinski definition) is 0. The van der Waals surface area contributed by atoms with Crippen LogP contribution in [0.3, 0.4) is 0 Å². The first-order valence-electron chi connectivity index (χ1n) is 3.39. The van der Waals surface area contributed by atoms with Gasteiger partial charge in [-0.15, -0.1) is 0 Å². The van der Waals surface area contributed by atoms with Crippen LogP contribution in [0.1, 0.15) is 39.0 Å². The molecule has 1 aliphatic carbocycles. The van der Waals surface area contributed by atoms with E-state index in [-0.39, 0.29) is 10.2 Å². The van der Waals surface area contributed by atoms with Gasteiger partial charge in [0.25, 0.3) is 0 Å². The highest BCUT2D eigenvalue weighted by Gasteiger charge is 2.05. The molecule has 0 bridgehead atoms. The Bertz CT molecular complexity index is 50.9. The van der Waals surface area contributed by atoms with Crippen molar-refractivity contribution in [2.45, 2.75) is 39.0 Å². The first-order chi connectivity index (χ1) is 3.39. The smallest absolute Gasteiger partial charge is 0.0443 e. The van der Waals surface area contributed by atoms with Gasteiger partial charge in [-0.1, -0.05) is 39.0 Å². The van der Waals surface area contributed by atoms with Crippen LogP contribution in [0.2, 0.25) is 0 Å². The molecule has 0 heterocycles. The predicted molar refractivity (Wildman–Crippen MR) is 38.4 cm³/mol. The monoisotopic (exact) mass is 136 g/mol. The van der Waals surface area contributed by atoms with Gasteiger partial charge >= 0.3 is 0 Å². The molecule has 0 amide bonds. The summed E-state index contributed by atoms with van der Waals surface area (Å²) in [7, 11) is 0. The van der Waals surface area contributed by atoms with Gasteiger partial charge in [0.2, 0.25) is 0 Å². The summed E-state index contributed by atoms with van der Waals surface area (Å²) in [4.78, 5) is 0. The third-order valence-electron chi connectivity index (χ3n) is 1.89. The van der Waals surface area contributed by atoms with E-state index in [1.807, 2.05) is 0 Å². The molecule has 0 spiro atoms. The van der Waals surface area contributed by atoms with Crippen molar-refractivity contribution >= 4 is 0 Å². The average Bonchev–Trinajstić information content (AvgIpc) is 1.69. The van der Waals surface area contributed by atoms with Crippen LogP contribution in [0.15, 0.2) is 0 Å². The Hall–Kier alpha value is -0.110. The Morgan fingerprint density at radius 2 is 1.44 bits per heavy atom. The molecule has 0 aromatic rings. The molecule has 0 aliphatic heterocycles. The molecule has 1 rings (SSSR count).